The Morgan fingerprint density at radius 2 is 1.29 bits per heavy atom. The molecule has 0 aliphatic carbocycles. The monoisotopic (exact) mass is 503 g/mol. The van der Waals surface area contributed by atoms with Crippen LogP contribution in [0.15, 0.2) is 66.7 Å². The molecular weight excluding hydrogens is 483 g/mol. The van der Waals surface area contributed by atoms with Gasteiger partial charge in [-0.15, -0.1) is 0 Å². The lowest BCUT2D eigenvalue weighted by molar-refractivity contribution is -0.137. The first-order valence-corrected chi connectivity index (χ1v) is 11.1. The lowest BCUT2D eigenvalue weighted by Gasteiger charge is -2.37. The summed E-state index contributed by atoms with van der Waals surface area (Å²) in [5, 5.41) is 11.1. The van der Waals surface area contributed by atoms with Gasteiger partial charge in [-0.05, 0) is 66.7 Å². The Morgan fingerprint density at radius 1 is 0.800 bits per heavy atom. The molecule has 1 aliphatic heterocycles. The first-order valence-electron chi connectivity index (χ1n) is 10.7. The summed E-state index contributed by atoms with van der Waals surface area (Å²) in [7, 11) is 0. The summed E-state index contributed by atoms with van der Waals surface area (Å²) in [6.07, 6.45) is -4.62. The van der Waals surface area contributed by atoms with Crippen LogP contribution >= 0.6 is 11.6 Å². The van der Waals surface area contributed by atoms with Gasteiger partial charge in [0.15, 0.2) is 0 Å². The average Bonchev–Trinajstić information content (AvgIpc) is 2.85. The quantitative estimate of drug-likeness (QED) is 0.472. The standard InChI is InChI=1S/C25H21ClF3N3O3/c26-22-10-5-18(15-21(22)25(27,28)29)30-23(33)16-1-6-19(7-2-16)31-11-13-32(14-12-31)20-8-3-17(4-9-20)24(34)35/h1-10,15H,11-14H2,(H,30,33)(H,34,35). The van der Waals surface area contributed by atoms with Gasteiger partial charge >= 0.3 is 12.1 Å². The number of carbonyl (C=O) groups is 2. The zero-order valence-electron chi connectivity index (χ0n) is 18.3. The maximum absolute atomic E-state index is 13.0. The molecule has 1 fully saturated rings. The number of aromatic carboxylic acids is 1. The van der Waals surface area contributed by atoms with Crippen molar-refractivity contribution in [3.8, 4) is 0 Å². The second-order valence-electron chi connectivity index (χ2n) is 8.02. The maximum atomic E-state index is 13.0. The molecule has 0 aromatic heterocycles. The first-order chi connectivity index (χ1) is 16.6. The van der Waals surface area contributed by atoms with Gasteiger partial charge in [0.2, 0.25) is 0 Å². The molecule has 10 heteroatoms. The molecule has 0 unspecified atom stereocenters. The summed E-state index contributed by atoms with van der Waals surface area (Å²) in [5.41, 5.74) is 1.43. The number of benzene rings is 3. The number of carbonyl (C=O) groups excluding carboxylic acids is 1. The number of hydrogen-bond acceptors (Lipinski definition) is 4. The summed E-state index contributed by atoms with van der Waals surface area (Å²) in [4.78, 5) is 27.9. The van der Waals surface area contributed by atoms with E-state index in [1.54, 1.807) is 48.5 Å². The Balaban J connectivity index is 1.36. The highest BCUT2D eigenvalue weighted by Crippen LogP contribution is 2.36. The number of alkyl halides is 3. The van der Waals surface area contributed by atoms with Gasteiger partial charge < -0.3 is 20.2 Å². The minimum atomic E-state index is -4.62. The van der Waals surface area contributed by atoms with Crippen molar-refractivity contribution in [2.45, 2.75) is 6.18 Å². The third kappa shape index (κ3) is 5.68. The van der Waals surface area contributed by atoms with E-state index in [2.05, 4.69) is 15.1 Å². The highest BCUT2D eigenvalue weighted by molar-refractivity contribution is 6.31. The molecule has 1 heterocycles. The van der Waals surface area contributed by atoms with E-state index < -0.39 is 28.6 Å². The van der Waals surface area contributed by atoms with Crippen molar-refractivity contribution < 1.29 is 27.9 Å². The maximum Gasteiger partial charge on any atom is 0.417 e. The molecule has 35 heavy (non-hydrogen) atoms. The molecule has 0 bridgehead atoms. The Morgan fingerprint density at radius 3 is 1.74 bits per heavy atom. The molecule has 0 spiro atoms. The molecule has 3 aromatic carbocycles. The third-order valence-electron chi connectivity index (χ3n) is 5.78. The predicted octanol–water partition coefficient (Wildman–Crippen LogP) is 5.64. The van der Waals surface area contributed by atoms with Crippen LogP contribution < -0.4 is 15.1 Å². The smallest absolute Gasteiger partial charge is 0.417 e. The fourth-order valence-corrected chi connectivity index (χ4v) is 4.11. The van der Waals surface area contributed by atoms with E-state index in [4.69, 9.17) is 16.7 Å². The van der Waals surface area contributed by atoms with Crippen LogP contribution in [0.3, 0.4) is 0 Å². The molecule has 3 aromatic rings. The van der Waals surface area contributed by atoms with Crippen molar-refractivity contribution in [3.05, 3.63) is 88.4 Å². The van der Waals surface area contributed by atoms with E-state index in [1.165, 1.54) is 6.07 Å². The molecule has 0 atom stereocenters. The fourth-order valence-electron chi connectivity index (χ4n) is 3.88. The second-order valence-corrected chi connectivity index (χ2v) is 8.43. The van der Waals surface area contributed by atoms with Gasteiger partial charge in [-0.3, -0.25) is 4.79 Å². The lowest BCUT2D eigenvalue weighted by Crippen LogP contribution is -2.46. The molecule has 1 aliphatic rings. The Bertz CT molecular complexity index is 1220. The summed E-state index contributed by atoms with van der Waals surface area (Å²) in [5.74, 6) is -1.49. The SMILES string of the molecule is O=C(O)c1ccc(N2CCN(c3ccc(C(=O)Nc4ccc(Cl)c(C(F)(F)F)c4)cc3)CC2)cc1. The summed E-state index contributed by atoms with van der Waals surface area (Å²) in [6.45, 7) is 2.95. The largest absolute Gasteiger partial charge is 0.478 e. The number of halogens is 4. The molecule has 0 saturated carbocycles. The van der Waals surface area contributed by atoms with Gasteiger partial charge in [0, 0.05) is 48.8 Å². The number of carboxylic acid groups (broad SMARTS) is 1. The van der Waals surface area contributed by atoms with Crippen molar-refractivity contribution >= 4 is 40.5 Å². The molecule has 6 nitrogen and oxygen atoms in total. The van der Waals surface area contributed by atoms with Crippen LogP contribution in [0.4, 0.5) is 30.2 Å². The summed E-state index contributed by atoms with van der Waals surface area (Å²) < 4.78 is 39.1. The van der Waals surface area contributed by atoms with Gasteiger partial charge in [0.05, 0.1) is 16.1 Å². The van der Waals surface area contributed by atoms with E-state index in [-0.39, 0.29) is 11.3 Å². The van der Waals surface area contributed by atoms with Crippen LogP contribution in [0.1, 0.15) is 26.3 Å². The number of anilines is 3. The number of nitrogens with one attached hydrogen (secondary N) is 1. The van der Waals surface area contributed by atoms with Crippen LogP contribution in [0.2, 0.25) is 5.02 Å². The zero-order chi connectivity index (χ0) is 25.2. The molecule has 0 radical (unpaired) electrons. The Kier molecular flexibility index (Phi) is 6.88. The van der Waals surface area contributed by atoms with E-state index in [9.17, 15) is 22.8 Å². The van der Waals surface area contributed by atoms with Crippen LogP contribution in [-0.4, -0.2) is 43.2 Å². The van der Waals surface area contributed by atoms with Crippen molar-refractivity contribution in [2.75, 3.05) is 41.3 Å². The van der Waals surface area contributed by atoms with Gasteiger partial charge in [-0.1, -0.05) is 11.6 Å². The van der Waals surface area contributed by atoms with E-state index in [0.29, 0.717) is 5.56 Å². The Hall–Kier alpha value is -3.72. The van der Waals surface area contributed by atoms with Crippen molar-refractivity contribution in [2.24, 2.45) is 0 Å². The van der Waals surface area contributed by atoms with Gasteiger partial charge in [0.1, 0.15) is 0 Å². The molecule has 1 saturated heterocycles. The summed E-state index contributed by atoms with van der Waals surface area (Å²) >= 11 is 5.63. The Labute approximate surface area is 204 Å². The topological polar surface area (TPSA) is 72.9 Å². The molecule has 4 rings (SSSR count). The number of hydrogen-bond donors (Lipinski definition) is 2. The molecule has 1 amide bonds. The summed E-state index contributed by atoms with van der Waals surface area (Å²) in [6, 6.07) is 16.8. The minimum Gasteiger partial charge on any atom is -0.478 e. The van der Waals surface area contributed by atoms with E-state index in [1.807, 2.05) is 0 Å². The molecule has 2 N–H and O–H groups in total. The third-order valence-corrected chi connectivity index (χ3v) is 6.11. The predicted molar refractivity (Wildman–Crippen MR) is 129 cm³/mol. The number of carboxylic acids is 1. The van der Waals surface area contributed by atoms with E-state index in [0.717, 1.165) is 49.7 Å². The van der Waals surface area contributed by atoms with Crippen molar-refractivity contribution in [3.63, 3.8) is 0 Å². The number of nitrogens with zero attached hydrogens (tertiary/aromatic N) is 2. The van der Waals surface area contributed by atoms with Crippen LogP contribution in [-0.2, 0) is 6.18 Å². The normalized spacial score (nSPS) is 14.1. The molecule has 182 valence electrons. The second kappa shape index (κ2) is 9.87. The lowest BCUT2D eigenvalue weighted by atomic mass is 10.1. The van der Waals surface area contributed by atoms with Crippen LogP contribution in [0.5, 0.6) is 0 Å². The van der Waals surface area contributed by atoms with Gasteiger partial charge in [-0.2, -0.15) is 13.2 Å². The van der Waals surface area contributed by atoms with Crippen LogP contribution in [0.25, 0.3) is 0 Å². The average molecular weight is 504 g/mol. The fraction of sp³-hybridized carbons (Fsp3) is 0.200. The molecular formula is C25H21ClF3N3O3. The van der Waals surface area contributed by atoms with Crippen molar-refractivity contribution in [1.29, 1.82) is 0 Å². The van der Waals surface area contributed by atoms with Crippen LogP contribution in [0, 0.1) is 0 Å². The van der Waals surface area contributed by atoms with E-state index >= 15 is 0 Å². The number of amides is 1. The number of piperazine rings is 1. The number of rotatable bonds is 5. The first kappa shape index (κ1) is 24.4. The highest BCUT2D eigenvalue weighted by Gasteiger charge is 2.33. The minimum absolute atomic E-state index is 0.00307. The van der Waals surface area contributed by atoms with Crippen molar-refractivity contribution in [1.82, 2.24) is 0 Å². The highest BCUT2D eigenvalue weighted by atomic mass is 35.5. The van der Waals surface area contributed by atoms with Gasteiger partial charge in [0.25, 0.3) is 5.91 Å². The zero-order valence-corrected chi connectivity index (χ0v) is 19.1. The van der Waals surface area contributed by atoms with Gasteiger partial charge in [-0.25, -0.2) is 4.79 Å².